The molecule has 1 aromatic carbocycles. The van der Waals surface area contributed by atoms with E-state index in [0.29, 0.717) is 34.0 Å². The van der Waals surface area contributed by atoms with Gasteiger partial charge in [0.2, 0.25) is 15.9 Å². The molecule has 1 aliphatic heterocycles. The molecule has 3 unspecified atom stereocenters. The molecule has 1 fully saturated rings. The zero-order valence-corrected chi connectivity index (χ0v) is 29.9. The summed E-state index contributed by atoms with van der Waals surface area (Å²) >= 11 is 0. The Balaban J connectivity index is 0.00000337. The van der Waals surface area contributed by atoms with Gasteiger partial charge in [-0.2, -0.15) is 4.99 Å². The molecule has 0 saturated heterocycles. The van der Waals surface area contributed by atoms with Crippen molar-refractivity contribution in [2.45, 2.75) is 66.5 Å². The molecule has 1 amide bonds. The largest absolute Gasteiger partial charge is 0.495 e. The van der Waals surface area contributed by atoms with Crippen molar-refractivity contribution in [3.63, 3.8) is 0 Å². The molecule has 2 aliphatic rings. The predicted molar refractivity (Wildman–Crippen MR) is 167 cm³/mol. The minimum atomic E-state index is -3.57. The fraction of sp³-hybridized carbons (Fsp3) is 0.467. The minimum absolute atomic E-state index is 0. The predicted octanol–water partition coefficient (Wildman–Crippen LogP) is 3.46. The number of nitrogens with one attached hydrogen (secondary N) is 2. The SMILES string of the molecule is CC(=O)Nc1[n-]c(C=C2N=C(N=C(O)C(C)NS(C)(=O)=O)c3ccccc32)c(C)c1C(=O)OC1C(C)CC(C)CC1C.O.[Zn]. The quantitative estimate of drug-likeness (QED) is 0.173. The van der Waals surface area contributed by atoms with Crippen LogP contribution in [0.25, 0.3) is 11.8 Å². The number of esters is 1. The number of ether oxygens (including phenoxy) is 1. The third kappa shape index (κ3) is 8.50. The van der Waals surface area contributed by atoms with Crippen LogP contribution in [0, 0.1) is 24.7 Å². The summed E-state index contributed by atoms with van der Waals surface area (Å²) in [6.45, 7) is 10.9. The first kappa shape index (κ1) is 37.0. The summed E-state index contributed by atoms with van der Waals surface area (Å²) in [5.41, 5.74) is 2.95. The van der Waals surface area contributed by atoms with Crippen LogP contribution < -0.4 is 15.0 Å². The number of carbonyl (C=O) groups is 2. The second-order valence-corrected chi connectivity index (χ2v) is 13.3. The first-order valence-electron chi connectivity index (χ1n) is 14.0. The van der Waals surface area contributed by atoms with E-state index < -0.39 is 27.9 Å². The summed E-state index contributed by atoms with van der Waals surface area (Å²) in [5.74, 6) is -0.0765. The van der Waals surface area contributed by atoms with Crippen molar-refractivity contribution < 1.29 is 52.8 Å². The maximum atomic E-state index is 13.5. The molecule has 14 heteroatoms. The Morgan fingerprint density at radius 1 is 1.16 bits per heavy atom. The van der Waals surface area contributed by atoms with Crippen molar-refractivity contribution in [1.29, 1.82) is 0 Å². The van der Waals surface area contributed by atoms with Crippen LogP contribution in [-0.4, -0.2) is 61.0 Å². The first-order chi connectivity index (χ1) is 19.6. The Kier molecular flexibility index (Phi) is 12.4. The van der Waals surface area contributed by atoms with Gasteiger partial charge in [0, 0.05) is 30.6 Å². The molecule has 3 atom stereocenters. The number of sulfonamides is 1. The standard InChI is InChI=1S/C30H39N5O6S.H2O.Zn/c1-15-12-16(2)26(17(3)13-15)41-30(38)25-18(4)23(32-28(25)31-20(6)36)14-24-21-10-8-9-11-22(21)27(33-24)34-29(37)19(5)35-42(7,39)40;;/h8-11,14-17,19,26,35H,12-13H2,1-7H3,(H3,31,32,33,34,36,37,38);1H2;/p-1. The van der Waals surface area contributed by atoms with E-state index in [4.69, 9.17) is 4.74 Å². The minimum Gasteiger partial charge on any atom is -0.495 e. The van der Waals surface area contributed by atoms with E-state index in [2.05, 4.69) is 45.8 Å². The third-order valence-corrected chi connectivity index (χ3v) is 8.36. The number of amidine groups is 1. The van der Waals surface area contributed by atoms with Gasteiger partial charge in [0.05, 0.1) is 23.6 Å². The van der Waals surface area contributed by atoms with E-state index in [1.165, 1.54) is 13.8 Å². The van der Waals surface area contributed by atoms with Crippen LogP contribution in [0.3, 0.4) is 0 Å². The number of anilines is 1. The maximum absolute atomic E-state index is 13.5. The van der Waals surface area contributed by atoms with E-state index in [-0.39, 0.29) is 66.0 Å². The summed E-state index contributed by atoms with van der Waals surface area (Å²) < 4.78 is 31.5. The van der Waals surface area contributed by atoms with Crippen molar-refractivity contribution in [3.05, 3.63) is 52.2 Å². The van der Waals surface area contributed by atoms with Crippen LogP contribution >= 0.6 is 0 Å². The van der Waals surface area contributed by atoms with E-state index in [0.717, 1.165) is 19.1 Å². The van der Waals surface area contributed by atoms with Gasteiger partial charge in [-0.05, 0) is 74.5 Å². The summed E-state index contributed by atoms with van der Waals surface area (Å²) in [7, 11) is -3.57. The fourth-order valence-electron chi connectivity index (χ4n) is 5.86. The van der Waals surface area contributed by atoms with E-state index >= 15 is 0 Å². The number of hydrogen-bond donors (Lipinski definition) is 3. The van der Waals surface area contributed by atoms with Crippen LogP contribution in [0.1, 0.15) is 80.2 Å². The van der Waals surface area contributed by atoms with E-state index in [9.17, 15) is 23.1 Å². The van der Waals surface area contributed by atoms with Gasteiger partial charge in [0.1, 0.15) is 12.0 Å². The van der Waals surface area contributed by atoms with Crippen LogP contribution in [0.5, 0.6) is 0 Å². The zero-order valence-electron chi connectivity index (χ0n) is 26.1. The second kappa shape index (κ2) is 14.7. The molecule has 4 rings (SSSR count). The number of aromatic nitrogens is 1. The van der Waals surface area contributed by atoms with Crippen molar-refractivity contribution in [3.8, 4) is 0 Å². The number of fused-ring (bicyclic) bond motifs is 1. The van der Waals surface area contributed by atoms with Crippen LogP contribution in [-0.2, 0) is 39.0 Å². The Morgan fingerprint density at radius 3 is 2.32 bits per heavy atom. The molecule has 0 spiro atoms. The van der Waals surface area contributed by atoms with Crippen LogP contribution in [0.2, 0.25) is 0 Å². The normalized spacial score (nSPS) is 23.1. The van der Waals surface area contributed by atoms with Gasteiger partial charge in [-0.25, -0.2) is 22.9 Å². The number of benzene rings is 1. The van der Waals surface area contributed by atoms with Gasteiger partial charge < -0.3 is 25.6 Å². The number of aliphatic hydroxyl groups is 1. The number of amides is 1. The van der Waals surface area contributed by atoms with Crippen LogP contribution in [0.4, 0.5) is 5.82 Å². The molecular weight excluding hydrogens is 640 g/mol. The van der Waals surface area contributed by atoms with Crippen molar-refractivity contribution in [2.24, 2.45) is 27.7 Å². The summed E-state index contributed by atoms with van der Waals surface area (Å²) in [5, 5.41) is 13.1. The summed E-state index contributed by atoms with van der Waals surface area (Å²) in [6, 6.07) is 6.27. The van der Waals surface area contributed by atoms with Crippen molar-refractivity contribution in [2.75, 3.05) is 11.6 Å². The Morgan fingerprint density at radius 2 is 1.75 bits per heavy atom. The molecule has 2 heterocycles. The number of aliphatic hydroxyl groups excluding tert-OH is 1. The molecule has 1 aromatic heterocycles. The fourth-order valence-corrected chi connectivity index (χ4v) is 6.61. The molecule has 5 N–H and O–H groups in total. The smallest absolute Gasteiger partial charge is 0.338 e. The molecule has 44 heavy (non-hydrogen) atoms. The molecule has 1 saturated carbocycles. The number of carbonyl (C=O) groups excluding carboxylic acids is 2. The number of rotatable bonds is 7. The average Bonchev–Trinajstić information content (AvgIpc) is 3.36. The zero-order chi connectivity index (χ0) is 30.9. The Labute approximate surface area is 271 Å². The number of aliphatic imine (C=N–C) groups is 2. The molecule has 236 valence electrons. The van der Waals surface area contributed by atoms with Crippen molar-refractivity contribution in [1.82, 2.24) is 9.71 Å². The van der Waals surface area contributed by atoms with Gasteiger partial charge in [-0.15, -0.1) is 0 Å². The van der Waals surface area contributed by atoms with Gasteiger partial charge >= 0.3 is 5.97 Å². The maximum Gasteiger partial charge on any atom is 0.338 e. The third-order valence-electron chi connectivity index (χ3n) is 7.58. The average molecular weight is 680 g/mol. The van der Waals surface area contributed by atoms with Gasteiger partial charge in [0.15, 0.2) is 5.84 Å². The summed E-state index contributed by atoms with van der Waals surface area (Å²) in [6.07, 6.45) is 4.37. The summed E-state index contributed by atoms with van der Waals surface area (Å²) in [4.78, 5) is 38.9. The Bertz CT molecular complexity index is 1590. The second-order valence-electron chi connectivity index (χ2n) is 11.5. The number of nitrogens with zero attached hydrogens (tertiary/aromatic N) is 3. The van der Waals surface area contributed by atoms with Gasteiger partial charge in [-0.1, -0.05) is 45.0 Å². The Hall–Kier alpha value is -3.19. The molecule has 0 radical (unpaired) electrons. The molecule has 2 aromatic rings. The van der Waals surface area contributed by atoms with Gasteiger partial charge in [0.25, 0.3) is 0 Å². The monoisotopic (exact) mass is 678 g/mol. The van der Waals surface area contributed by atoms with E-state index in [1.807, 2.05) is 12.1 Å². The molecule has 1 aliphatic carbocycles. The van der Waals surface area contributed by atoms with E-state index in [1.54, 1.807) is 25.1 Å². The van der Waals surface area contributed by atoms with Gasteiger partial charge in [-0.3, -0.25) is 4.79 Å². The molecular formula is C30H40N5O7SZn-. The number of hydrogen-bond acceptors (Lipinski definition) is 7. The molecule has 0 bridgehead atoms. The molecule has 12 nitrogen and oxygen atoms in total. The topological polar surface area (TPSA) is 192 Å². The van der Waals surface area contributed by atoms with Crippen molar-refractivity contribution >= 4 is 51.2 Å². The first-order valence-corrected chi connectivity index (χ1v) is 15.8. The van der Waals surface area contributed by atoms with Crippen LogP contribution in [0.15, 0.2) is 34.3 Å².